The maximum atomic E-state index is 12.9. The fourth-order valence-corrected chi connectivity index (χ4v) is 4.62. The number of piperidine rings is 1. The van der Waals surface area contributed by atoms with E-state index < -0.39 is 23.6 Å². The van der Waals surface area contributed by atoms with E-state index in [0.29, 0.717) is 25.1 Å². The zero-order valence-electron chi connectivity index (χ0n) is 20.1. The van der Waals surface area contributed by atoms with E-state index in [4.69, 9.17) is 4.74 Å². The van der Waals surface area contributed by atoms with Crippen molar-refractivity contribution in [3.05, 3.63) is 29.3 Å². The third-order valence-electron chi connectivity index (χ3n) is 6.34. The third-order valence-corrected chi connectivity index (χ3v) is 6.34. The number of hydrogen-bond donors (Lipinski definition) is 2. The Hall–Kier alpha value is -3.14. The second kappa shape index (κ2) is 9.61. The number of carbonyl (C=O) groups excluding carboxylic acids is 4. The molecule has 0 radical (unpaired) electrons. The molecule has 2 saturated heterocycles. The number of piperazine rings is 1. The van der Waals surface area contributed by atoms with E-state index in [1.54, 1.807) is 4.90 Å². The minimum atomic E-state index is -0.598. The summed E-state index contributed by atoms with van der Waals surface area (Å²) in [6.07, 6.45) is 0.214. The maximum Gasteiger partial charge on any atom is 0.407 e. The maximum absolute atomic E-state index is 12.9. The predicted octanol–water partition coefficient (Wildman–Crippen LogP) is 1.09. The van der Waals surface area contributed by atoms with Crippen LogP contribution in [-0.2, 0) is 20.9 Å². The molecule has 0 aromatic heterocycles. The summed E-state index contributed by atoms with van der Waals surface area (Å²) in [5, 5.41) is 5.13. The molecule has 3 aliphatic heterocycles. The van der Waals surface area contributed by atoms with Crippen molar-refractivity contribution in [1.29, 1.82) is 0 Å². The number of nitrogens with one attached hydrogen (secondary N) is 2. The number of ether oxygens (including phenoxy) is 1. The lowest BCUT2D eigenvalue weighted by Crippen LogP contribution is -2.52. The Morgan fingerprint density at radius 1 is 1.15 bits per heavy atom. The van der Waals surface area contributed by atoms with Crippen LogP contribution in [0.3, 0.4) is 0 Å². The zero-order chi connectivity index (χ0) is 24.5. The quantitative estimate of drug-likeness (QED) is 0.619. The van der Waals surface area contributed by atoms with Crippen LogP contribution in [0.15, 0.2) is 18.2 Å². The summed E-state index contributed by atoms with van der Waals surface area (Å²) in [5.41, 5.74) is 2.09. The Kier molecular flexibility index (Phi) is 6.79. The zero-order valence-corrected chi connectivity index (χ0v) is 20.1. The lowest BCUT2D eigenvalue weighted by molar-refractivity contribution is -0.136. The van der Waals surface area contributed by atoms with E-state index in [-0.39, 0.29) is 18.2 Å². The van der Waals surface area contributed by atoms with Gasteiger partial charge in [0.05, 0.1) is 0 Å². The number of carbonyl (C=O) groups is 4. The van der Waals surface area contributed by atoms with Gasteiger partial charge in [-0.15, -0.1) is 0 Å². The molecule has 2 N–H and O–H groups in total. The Labute approximate surface area is 199 Å². The Bertz CT molecular complexity index is 980. The van der Waals surface area contributed by atoms with Crippen LogP contribution in [0.1, 0.15) is 49.5 Å². The van der Waals surface area contributed by atoms with Gasteiger partial charge in [0.15, 0.2) is 0 Å². The summed E-state index contributed by atoms with van der Waals surface area (Å²) in [6, 6.07) is 5.25. The fourth-order valence-electron chi connectivity index (χ4n) is 4.62. The highest BCUT2D eigenvalue weighted by atomic mass is 16.6. The van der Waals surface area contributed by atoms with Gasteiger partial charge in [0.1, 0.15) is 11.6 Å². The average Bonchev–Trinajstić information content (AvgIpc) is 3.08. The predicted molar refractivity (Wildman–Crippen MR) is 125 cm³/mol. The van der Waals surface area contributed by atoms with E-state index in [0.717, 1.165) is 44.0 Å². The summed E-state index contributed by atoms with van der Waals surface area (Å²) in [5.74, 6) is -0.833. The minimum absolute atomic E-state index is 0.154. The van der Waals surface area contributed by atoms with Crippen molar-refractivity contribution < 1.29 is 23.9 Å². The molecule has 0 spiro atoms. The Morgan fingerprint density at radius 2 is 1.88 bits per heavy atom. The molecule has 184 valence electrons. The lowest BCUT2D eigenvalue weighted by atomic mass is 10.0. The van der Waals surface area contributed by atoms with Crippen molar-refractivity contribution in [2.75, 3.05) is 44.2 Å². The number of imide groups is 1. The van der Waals surface area contributed by atoms with Gasteiger partial charge in [0, 0.05) is 63.5 Å². The number of anilines is 1. The van der Waals surface area contributed by atoms with Crippen LogP contribution in [0, 0.1) is 0 Å². The van der Waals surface area contributed by atoms with Crippen molar-refractivity contribution in [2.45, 2.75) is 51.8 Å². The molecule has 0 bridgehead atoms. The normalized spacial score (nSPS) is 21.4. The molecular weight excluding hydrogens is 438 g/mol. The van der Waals surface area contributed by atoms with Crippen molar-refractivity contribution >= 4 is 29.5 Å². The van der Waals surface area contributed by atoms with Crippen LogP contribution in [0.4, 0.5) is 10.5 Å². The second-order valence-electron chi connectivity index (χ2n) is 10.00. The molecule has 2 fully saturated rings. The molecule has 3 aliphatic rings. The minimum Gasteiger partial charge on any atom is -0.444 e. The van der Waals surface area contributed by atoms with Crippen LogP contribution < -0.4 is 15.5 Å². The largest absolute Gasteiger partial charge is 0.444 e. The molecular formula is C24H33N5O5. The van der Waals surface area contributed by atoms with E-state index in [2.05, 4.69) is 20.4 Å². The van der Waals surface area contributed by atoms with Crippen LogP contribution in [0.2, 0.25) is 0 Å². The number of nitrogens with zero attached hydrogens (tertiary/aromatic N) is 3. The highest BCUT2D eigenvalue weighted by molar-refractivity contribution is 6.05. The highest BCUT2D eigenvalue weighted by Crippen LogP contribution is 2.30. The fraction of sp³-hybridized carbons (Fsp3) is 0.583. The standard InChI is InChI=1S/C24H33N5O5/c1-24(2,3)34-23(33)25-8-9-27-10-12-28(13-11-27)17-4-5-18-16(14-17)15-29(22(18)32)19-6-7-20(30)26-21(19)31/h4-5,14,19H,6-13,15H2,1-3H3,(H,25,33)(H,26,30,31). The number of benzene rings is 1. The van der Waals surface area contributed by atoms with Gasteiger partial charge in [-0.2, -0.15) is 0 Å². The average molecular weight is 472 g/mol. The molecule has 1 atom stereocenters. The van der Waals surface area contributed by atoms with Gasteiger partial charge >= 0.3 is 6.09 Å². The number of rotatable bonds is 5. The number of alkyl carbamates (subject to hydrolysis) is 1. The molecule has 10 heteroatoms. The smallest absolute Gasteiger partial charge is 0.407 e. The molecule has 0 aliphatic carbocycles. The first-order chi connectivity index (χ1) is 16.1. The summed E-state index contributed by atoms with van der Waals surface area (Å²) in [7, 11) is 0. The second-order valence-corrected chi connectivity index (χ2v) is 10.00. The molecule has 1 unspecified atom stereocenters. The molecule has 3 heterocycles. The van der Waals surface area contributed by atoms with Crippen LogP contribution in [0.25, 0.3) is 0 Å². The van der Waals surface area contributed by atoms with E-state index >= 15 is 0 Å². The summed E-state index contributed by atoms with van der Waals surface area (Å²) in [4.78, 5) is 54.5. The molecule has 1 aromatic rings. The molecule has 10 nitrogen and oxygen atoms in total. The third kappa shape index (κ3) is 5.49. The number of fused-ring (bicyclic) bond motifs is 1. The van der Waals surface area contributed by atoms with E-state index in [1.165, 1.54) is 0 Å². The summed E-state index contributed by atoms with van der Waals surface area (Å²) in [6.45, 7) is 10.6. The topological polar surface area (TPSA) is 111 Å². The molecule has 4 rings (SSSR count). The Morgan fingerprint density at radius 3 is 2.56 bits per heavy atom. The summed E-state index contributed by atoms with van der Waals surface area (Å²) < 4.78 is 5.26. The van der Waals surface area contributed by atoms with Crippen molar-refractivity contribution in [1.82, 2.24) is 20.4 Å². The van der Waals surface area contributed by atoms with Gasteiger partial charge in [-0.3, -0.25) is 24.6 Å². The van der Waals surface area contributed by atoms with Gasteiger partial charge in [0.2, 0.25) is 11.8 Å². The van der Waals surface area contributed by atoms with Crippen LogP contribution >= 0.6 is 0 Å². The van der Waals surface area contributed by atoms with Crippen molar-refractivity contribution in [3.8, 4) is 0 Å². The molecule has 34 heavy (non-hydrogen) atoms. The van der Waals surface area contributed by atoms with Crippen LogP contribution in [0.5, 0.6) is 0 Å². The van der Waals surface area contributed by atoms with Gasteiger partial charge in [-0.25, -0.2) is 4.79 Å². The molecule has 1 aromatic carbocycles. The van der Waals surface area contributed by atoms with Gasteiger partial charge < -0.3 is 19.9 Å². The van der Waals surface area contributed by atoms with Gasteiger partial charge in [0.25, 0.3) is 5.91 Å². The molecule has 0 saturated carbocycles. The van der Waals surface area contributed by atoms with Gasteiger partial charge in [-0.1, -0.05) is 0 Å². The van der Waals surface area contributed by atoms with Crippen molar-refractivity contribution in [2.24, 2.45) is 0 Å². The van der Waals surface area contributed by atoms with Crippen LogP contribution in [-0.4, -0.2) is 84.5 Å². The Balaban J connectivity index is 1.28. The highest BCUT2D eigenvalue weighted by Gasteiger charge is 2.39. The SMILES string of the molecule is CC(C)(C)OC(=O)NCCN1CCN(c2ccc3c(c2)CN(C2CCC(=O)NC2=O)C3=O)CC1. The lowest BCUT2D eigenvalue weighted by Gasteiger charge is -2.36. The van der Waals surface area contributed by atoms with Gasteiger partial charge in [-0.05, 0) is 51.0 Å². The first-order valence-electron chi connectivity index (χ1n) is 11.8. The van der Waals surface area contributed by atoms with E-state index in [9.17, 15) is 19.2 Å². The van der Waals surface area contributed by atoms with E-state index in [1.807, 2.05) is 39.0 Å². The first kappa shape index (κ1) is 24.0. The monoisotopic (exact) mass is 471 g/mol. The summed E-state index contributed by atoms with van der Waals surface area (Å²) >= 11 is 0. The number of amides is 4. The molecule has 4 amide bonds. The first-order valence-corrected chi connectivity index (χ1v) is 11.8. The van der Waals surface area contributed by atoms with Crippen molar-refractivity contribution in [3.63, 3.8) is 0 Å². The number of hydrogen-bond acceptors (Lipinski definition) is 7.